The van der Waals surface area contributed by atoms with Crippen molar-refractivity contribution in [1.29, 1.82) is 0 Å². The molecule has 1 unspecified atom stereocenters. The zero-order valence-electron chi connectivity index (χ0n) is 10.5. The van der Waals surface area contributed by atoms with E-state index in [1.54, 1.807) is 0 Å². The van der Waals surface area contributed by atoms with Crippen LogP contribution in [-0.4, -0.2) is 36.9 Å². The molecule has 9 nitrogen and oxygen atoms in total. The zero-order valence-corrected chi connectivity index (χ0v) is 11.4. The van der Waals surface area contributed by atoms with Crippen molar-refractivity contribution in [3.63, 3.8) is 0 Å². The predicted molar refractivity (Wildman–Crippen MR) is 69.6 cm³/mol. The molecule has 20 heavy (non-hydrogen) atoms. The average molecular weight is 299 g/mol. The lowest BCUT2D eigenvalue weighted by atomic mass is 10.5. The smallest absolute Gasteiger partial charge is 0.355 e. The first kappa shape index (κ1) is 13.4. The molecule has 1 aliphatic rings. The molecular formula is C10H14N5O4P. The molecule has 3 rings (SSSR count). The van der Waals surface area contributed by atoms with Gasteiger partial charge in [0, 0.05) is 0 Å². The Kier molecular flexibility index (Phi) is 3.43. The van der Waals surface area contributed by atoms with Crippen LogP contribution in [0.5, 0.6) is 0 Å². The van der Waals surface area contributed by atoms with Crippen LogP contribution in [0, 0.1) is 0 Å². The van der Waals surface area contributed by atoms with Gasteiger partial charge < -0.3 is 15.4 Å². The van der Waals surface area contributed by atoms with Crippen LogP contribution < -0.4 is 5.73 Å². The minimum Gasteiger partial charge on any atom is -0.368 e. The predicted octanol–water partition coefficient (Wildman–Crippen LogP) is 0.705. The van der Waals surface area contributed by atoms with Crippen molar-refractivity contribution >= 4 is 24.7 Å². The summed E-state index contributed by atoms with van der Waals surface area (Å²) in [6.45, 7) is -0.158. The Labute approximate surface area is 114 Å². The summed E-state index contributed by atoms with van der Waals surface area (Å²) in [6, 6.07) is 0. The molecule has 3 N–H and O–H groups in total. The third-order valence-electron chi connectivity index (χ3n) is 2.77. The van der Waals surface area contributed by atoms with E-state index in [0.29, 0.717) is 11.2 Å². The molecule has 10 heteroatoms. The highest BCUT2D eigenvalue weighted by Crippen LogP contribution is 2.44. The number of anilines is 1. The van der Waals surface area contributed by atoms with E-state index in [0.717, 1.165) is 12.8 Å². The number of hydrogen-bond acceptors (Lipinski definition) is 7. The Balaban J connectivity index is 1.66. The van der Waals surface area contributed by atoms with Crippen molar-refractivity contribution in [2.24, 2.45) is 0 Å². The maximum absolute atomic E-state index is 11.8. The fourth-order valence-electron chi connectivity index (χ4n) is 1.59. The van der Waals surface area contributed by atoms with E-state index >= 15 is 0 Å². The first-order valence-electron chi connectivity index (χ1n) is 6.05. The molecule has 108 valence electrons. The van der Waals surface area contributed by atoms with Gasteiger partial charge in [-0.15, -0.1) is 0 Å². The second-order valence-electron chi connectivity index (χ2n) is 4.54. The van der Waals surface area contributed by atoms with Crippen LogP contribution in [0.4, 0.5) is 5.95 Å². The summed E-state index contributed by atoms with van der Waals surface area (Å²) in [5.74, 6) is 0.100. The Morgan fingerprint density at radius 1 is 1.50 bits per heavy atom. The van der Waals surface area contributed by atoms with Gasteiger partial charge in [-0.3, -0.25) is 13.7 Å². The lowest BCUT2D eigenvalue weighted by Crippen LogP contribution is -2.06. The van der Waals surface area contributed by atoms with Gasteiger partial charge in [0.1, 0.15) is 18.6 Å². The van der Waals surface area contributed by atoms with Gasteiger partial charge in [-0.05, 0) is 12.8 Å². The highest BCUT2D eigenvalue weighted by molar-refractivity contribution is 7.52. The summed E-state index contributed by atoms with van der Waals surface area (Å²) >= 11 is 0. The Morgan fingerprint density at radius 2 is 2.30 bits per heavy atom. The molecule has 0 saturated heterocycles. The molecule has 0 aromatic carbocycles. The largest absolute Gasteiger partial charge is 0.368 e. The quantitative estimate of drug-likeness (QED) is 0.747. The van der Waals surface area contributed by atoms with E-state index in [2.05, 4.69) is 15.0 Å². The average Bonchev–Trinajstić information content (AvgIpc) is 3.15. The molecule has 0 amide bonds. The molecule has 0 bridgehead atoms. The van der Waals surface area contributed by atoms with Gasteiger partial charge in [0.05, 0.1) is 18.6 Å². The molecule has 2 aromatic heterocycles. The van der Waals surface area contributed by atoms with E-state index in [1.165, 1.54) is 17.1 Å². The van der Waals surface area contributed by atoms with Crippen molar-refractivity contribution in [3.05, 3.63) is 12.5 Å². The summed E-state index contributed by atoms with van der Waals surface area (Å²) in [4.78, 5) is 21.5. The third kappa shape index (κ3) is 3.13. The first-order chi connectivity index (χ1) is 9.53. The Hall–Kier alpha value is -1.54. The summed E-state index contributed by atoms with van der Waals surface area (Å²) in [5, 5.41) is 0. The Morgan fingerprint density at radius 3 is 3.05 bits per heavy atom. The molecule has 1 fully saturated rings. The number of imidazole rings is 1. The number of nitrogens with two attached hydrogens (primary N) is 1. The van der Waals surface area contributed by atoms with Gasteiger partial charge in [-0.1, -0.05) is 0 Å². The fourth-order valence-corrected chi connectivity index (χ4v) is 2.37. The Bertz CT molecular complexity index is 671. The summed E-state index contributed by atoms with van der Waals surface area (Å²) in [5.41, 5.74) is 6.47. The summed E-state index contributed by atoms with van der Waals surface area (Å²) in [7, 11) is -3.78. The second-order valence-corrected chi connectivity index (χ2v) is 6.33. The lowest BCUT2D eigenvalue weighted by molar-refractivity contribution is 0.121. The van der Waals surface area contributed by atoms with Crippen LogP contribution in [0.25, 0.3) is 11.2 Å². The van der Waals surface area contributed by atoms with Crippen LogP contribution in [-0.2, 0) is 20.6 Å². The first-order valence-corrected chi connectivity index (χ1v) is 7.81. The number of nitrogens with zero attached hydrogens (tertiary/aromatic N) is 4. The lowest BCUT2D eigenvalue weighted by Gasteiger charge is -2.12. The van der Waals surface area contributed by atoms with Gasteiger partial charge in [0.2, 0.25) is 5.95 Å². The molecule has 2 heterocycles. The molecule has 1 atom stereocenters. The van der Waals surface area contributed by atoms with Crippen LogP contribution >= 0.6 is 7.60 Å². The molecule has 1 saturated carbocycles. The third-order valence-corrected chi connectivity index (χ3v) is 3.77. The van der Waals surface area contributed by atoms with Gasteiger partial charge in [-0.25, -0.2) is 9.97 Å². The molecular weight excluding hydrogens is 285 g/mol. The van der Waals surface area contributed by atoms with Crippen LogP contribution in [0.15, 0.2) is 12.5 Å². The minimum absolute atomic E-state index is 0.0979. The number of aromatic nitrogens is 4. The van der Waals surface area contributed by atoms with Crippen molar-refractivity contribution in [2.45, 2.75) is 25.7 Å². The van der Waals surface area contributed by atoms with Crippen molar-refractivity contribution in [2.75, 3.05) is 12.1 Å². The summed E-state index contributed by atoms with van der Waals surface area (Å²) < 4.78 is 23.4. The van der Waals surface area contributed by atoms with Gasteiger partial charge in [-0.2, -0.15) is 4.98 Å². The highest BCUT2D eigenvalue weighted by atomic mass is 31.2. The highest BCUT2D eigenvalue weighted by Gasteiger charge is 2.28. The van der Waals surface area contributed by atoms with E-state index in [1.807, 2.05) is 0 Å². The standard InChI is InChI=1S/C10H14N5O4P/c11-10-12-3-8-9(14-10)15(4-13-8)5-19-20(16,17)6-18-7-1-2-7/h3-4,7H,1-2,5-6H2,(H,16,17)(H2,11,12,14). The van der Waals surface area contributed by atoms with Crippen molar-refractivity contribution in [3.8, 4) is 0 Å². The molecule has 0 radical (unpaired) electrons. The molecule has 2 aromatic rings. The number of fused-ring (bicyclic) bond motifs is 1. The van der Waals surface area contributed by atoms with Gasteiger partial charge in [0.25, 0.3) is 0 Å². The zero-order chi connectivity index (χ0) is 14.2. The second kappa shape index (κ2) is 5.10. The monoisotopic (exact) mass is 299 g/mol. The SMILES string of the molecule is Nc1ncc2ncn(COP(=O)(O)COC3CC3)c2n1. The number of ether oxygens (including phenoxy) is 1. The molecule has 1 aliphatic carbocycles. The maximum Gasteiger partial charge on any atom is 0.355 e. The number of nitrogen functional groups attached to an aromatic ring is 1. The van der Waals surface area contributed by atoms with Crippen LogP contribution in [0.3, 0.4) is 0 Å². The van der Waals surface area contributed by atoms with Crippen LogP contribution in [0.1, 0.15) is 12.8 Å². The molecule has 0 spiro atoms. The molecule has 0 aliphatic heterocycles. The normalized spacial score (nSPS) is 18.2. The van der Waals surface area contributed by atoms with E-state index in [9.17, 15) is 9.46 Å². The van der Waals surface area contributed by atoms with E-state index in [4.69, 9.17) is 15.0 Å². The van der Waals surface area contributed by atoms with Crippen LogP contribution in [0.2, 0.25) is 0 Å². The van der Waals surface area contributed by atoms with Crippen molar-refractivity contribution in [1.82, 2.24) is 19.5 Å². The maximum atomic E-state index is 11.8. The van der Waals surface area contributed by atoms with E-state index < -0.39 is 7.60 Å². The van der Waals surface area contributed by atoms with Gasteiger partial charge in [0.15, 0.2) is 5.65 Å². The minimum atomic E-state index is -3.78. The van der Waals surface area contributed by atoms with Crippen molar-refractivity contribution < 1.29 is 18.7 Å². The van der Waals surface area contributed by atoms with Gasteiger partial charge >= 0.3 is 7.60 Å². The summed E-state index contributed by atoms with van der Waals surface area (Å²) in [6.07, 6.45) is 4.58. The van der Waals surface area contributed by atoms with E-state index in [-0.39, 0.29) is 25.1 Å². The topological polar surface area (TPSA) is 125 Å². The number of hydrogen-bond donors (Lipinski definition) is 2. The number of rotatable bonds is 6. The fraction of sp³-hybridized carbons (Fsp3) is 0.500.